The van der Waals surface area contributed by atoms with Gasteiger partial charge in [0.1, 0.15) is 27.6 Å². The summed E-state index contributed by atoms with van der Waals surface area (Å²) in [5.74, 6) is 1.02. The summed E-state index contributed by atoms with van der Waals surface area (Å²) in [6.07, 6.45) is -1.15. The molecule has 0 radical (unpaired) electrons. The van der Waals surface area contributed by atoms with Crippen LogP contribution in [0, 0.1) is 11.3 Å². The van der Waals surface area contributed by atoms with Gasteiger partial charge in [-0.25, -0.2) is 22.8 Å². The Morgan fingerprint density at radius 2 is 1.84 bits per heavy atom. The molecule has 2 atom stereocenters. The van der Waals surface area contributed by atoms with E-state index in [0.29, 0.717) is 66.4 Å². The minimum Gasteiger partial charge on any atom is -0.390 e. The second-order valence-electron chi connectivity index (χ2n) is 13.0. The first-order valence-corrected chi connectivity index (χ1v) is 16.8. The number of benzene rings is 1. The topological polar surface area (TPSA) is 112 Å². The molecule has 1 aliphatic carbocycles. The Bertz CT molecular complexity index is 1670. The summed E-state index contributed by atoms with van der Waals surface area (Å²) < 4.78 is 81.0. The lowest BCUT2D eigenvalue weighted by atomic mass is 9.58. The average molecular weight is 637 g/mol. The first-order valence-electron chi connectivity index (χ1n) is 14.7. The number of aliphatic hydroxyl groups is 1. The molecular weight excluding hydrogens is 600 g/mol. The van der Waals surface area contributed by atoms with Crippen molar-refractivity contribution in [3.8, 4) is 0 Å². The highest BCUT2D eigenvalue weighted by Gasteiger charge is 2.54. The number of fused-ring (bicyclic) bond motifs is 1. The summed E-state index contributed by atoms with van der Waals surface area (Å²) in [5, 5.41) is 13.9. The van der Waals surface area contributed by atoms with Gasteiger partial charge in [0.05, 0.1) is 29.7 Å². The number of hydrogen-bond acceptors (Lipinski definition) is 9. The lowest BCUT2D eigenvalue weighted by Crippen LogP contribution is -2.63. The number of rotatable bonds is 7. The number of pyridine rings is 1. The van der Waals surface area contributed by atoms with Crippen LogP contribution < -0.4 is 15.1 Å². The molecule has 2 aromatic heterocycles. The summed E-state index contributed by atoms with van der Waals surface area (Å²) in [5.41, 5.74) is -0.213. The lowest BCUT2D eigenvalue weighted by molar-refractivity contribution is -0.137. The van der Waals surface area contributed by atoms with Gasteiger partial charge in [-0.15, -0.1) is 0 Å². The molecule has 1 spiro atoms. The molecule has 14 heteroatoms. The SMILES string of the molecule is CC(C)c1cc(C(F)(F)F)c(N2CC3(CC(CS(C)(=O)=O)C3)C2)c2cnc(Nc3ccnc(N4CCC(O)C(F)C4)n3)cc12. The fraction of sp³-hybridized carbons (Fsp3) is 0.567. The number of aliphatic hydroxyl groups excluding tert-OH is 1. The minimum absolute atomic E-state index is 0.0307. The monoisotopic (exact) mass is 636 g/mol. The van der Waals surface area contributed by atoms with Crippen LogP contribution in [0.5, 0.6) is 0 Å². The van der Waals surface area contributed by atoms with Crippen LogP contribution in [0.25, 0.3) is 10.8 Å². The van der Waals surface area contributed by atoms with Crippen LogP contribution in [-0.2, 0) is 16.0 Å². The first-order chi connectivity index (χ1) is 20.6. The third-order valence-corrected chi connectivity index (χ3v) is 10.1. The highest BCUT2D eigenvalue weighted by atomic mass is 32.2. The van der Waals surface area contributed by atoms with E-state index >= 15 is 0 Å². The zero-order chi connectivity index (χ0) is 31.6. The average Bonchev–Trinajstić information content (AvgIpc) is 2.89. The van der Waals surface area contributed by atoms with Crippen molar-refractivity contribution in [2.24, 2.45) is 11.3 Å². The molecule has 238 valence electrons. The van der Waals surface area contributed by atoms with E-state index in [1.807, 2.05) is 13.8 Å². The van der Waals surface area contributed by atoms with Gasteiger partial charge < -0.3 is 20.2 Å². The maximum Gasteiger partial charge on any atom is 0.418 e. The van der Waals surface area contributed by atoms with Crippen molar-refractivity contribution in [3.05, 3.63) is 41.7 Å². The third-order valence-electron chi connectivity index (χ3n) is 8.99. The van der Waals surface area contributed by atoms with Gasteiger partial charge in [-0.05, 0) is 60.2 Å². The normalized spacial score (nSPS) is 22.4. The highest BCUT2D eigenvalue weighted by molar-refractivity contribution is 7.90. The number of anilines is 4. The van der Waals surface area contributed by atoms with E-state index in [0.717, 1.165) is 0 Å². The van der Waals surface area contributed by atoms with E-state index in [1.54, 1.807) is 21.9 Å². The summed E-state index contributed by atoms with van der Waals surface area (Å²) in [6.45, 7) is 4.93. The molecule has 0 amide bonds. The number of nitrogens with one attached hydrogen (secondary N) is 1. The predicted molar refractivity (Wildman–Crippen MR) is 161 cm³/mol. The Labute approximate surface area is 253 Å². The maximum atomic E-state index is 14.5. The van der Waals surface area contributed by atoms with Crippen molar-refractivity contribution < 1.29 is 31.1 Å². The van der Waals surface area contributed by atoms with Crippen molar-refractivity contribution in [2.75, 3.05) is 53.3 Å². The van der Waals surface area contributed by atoms with Gasteiger partial charge in [0.25, 0.3) is 0 Å². The van der Waals surface area contributed by atoms with Crippen molar-refractivity contribution in [2.45, 2.75) is 57.5 Å². The van der Waals surface area contributed by atoms with E-state index in [2.05, 4.69) is 20.3 Å². The van der Waals surface area contributed by atoms with Crippen molar-refractivity contribution >= 4 is 43.9 Å². The van der Waals surface area contributed by atoms with Crippen LogP contribution in [0.2, 0.25) is 0 Å². The summed E-state index contributed by atoms with van der Waals surface area (Å²) in [7, 11) is -3.10. The maximum absolute atomic E-state index is 14.5. The van der Waals surface area contributed by atoms with Crippen molar-refractivity contribution in [1.29, 1.82) is 0 Å². The number of nitrogens with zero attached hydrogens (tertiary/aromatic N) is 5. The molecule has 3 aliphatic rings. The fourth-order valence-electron chi connectivity index (χ4n) is 7.10. The number of piperidine rings is 1. The van der Waals surface area contributed by atoms with Gasteiger partial charge in [-0.1, -0.05) is 13.8 Å². The molecule has 0 bridgehead atoms. The standard InChI is InChI=1S/C30H36F4N6O3S/c1-17(2)19-8-22(30(32,33)34)27(40-15-29(16-40)10-18(11-29)14-44(3,42)43)21-12-36-26(9-20(19)21)37-25-4-6-35-28(38-25)39-7-5-24(41)23(31)13-39/h4,6,8-9,12,17-18,23-24,41H,5,7,10-11,13-16H2,1-3H3,(H,35,36,37,38). The quantitative estimate of drug-likeness (QED) is 0.343. The Balaban J connectivity index is 1.30. The number of hydrogen-bond donors (Lipinski definition) is 2. The molecule has 4 heterocycles. The van der Waals surface area contributed by atoms with Gasteiger partial charge in [-0.3, -0.25) is 0 Å². The molecule has 2 saturated heterocycles. The van der Waals surface area contributed by atoms with E-state index < -0.39 is 33.9 Å². The summed E-state index contributed by atoms with van der Waals surface area (Å²) in [4.78, 5) is 16.6. The van der Waals surface area contributed by atoms with Crippen LogP contribution in [0.4, 0.5) is 40.8 Å². The Morgan fingerprint density at radius 1 is 1.11 bits per heavy atom. The Kier molecular flexibility index (Phi) is 7.67. The van der Waals surface area contributed by atoms with E-state index in [4.69, 9.17) is 0 Å². The third kappa shape index (κ3) is 6.02. The molecule has 2 N–H and O–H groups in total. The smallest absolute Gasteiger partial charge is 0.390 e. The van der Waals surface area contributed by atoms with E-state index in [1.165, 1.54) is 24.7 Å². The number of halogens is 4. The van der Waals surface area contributed by atoms with Gasteiger partial charge in [0, 0.05) is 49.1 Å². The summed E-state index contributed by atoms with van der Waals surface area (Å²) >= 11 is 0. The van der Waals surface area contributed by atoms with Crippen molar-refractivity contribution in [1.82, 2.24) is 15.0 Å². The fourth-order valence-corrected chi connectivity index (χ4v) is 8.19. The van der Waals surface area contributed by atoms with Crippen LogP contribution in [0.15, 0.2) is 30.6 Å². The van der Waals surface area contributed by atoms with E-state index in [-0.39, 0.29) is 41.7 Å². The number of sulfone groups is 1. The molecule has 2 unspecified atom stereocenters. The lowest BCUT2D eigenvalue weighted by Gasteiger charge is -2.60. The van der Waals surface area contributed by atoms with Crippen LogP contribution in [-0.4, -0.2) is 78.9 Å². The number of alkyl halides is 4. The minimum atomic E-state index is -4.58. The summed E-state index contributed by atoms with van der Waals surface area (Å²) in [6, 6.07) is 4.59. The zero-order valence-electron chi connectivity index (χ0n) is 24.8. The van der Waals surface area contributed by atoms with Crippen LogP contribution in [0.1, 0.15) is 50.2 Å². The molecule has 9 nitrogen and oxygen atoms in total. The van der Waals surface area contributed by atoms with Gasteiger partial charge in [0.2, 0.25) is 5.95 Å². The van der Waals surface area contributed by atoms with Gasteiger partial charge >= 0.3 is 6.18 Å². The predicted octanol–water partition coefficient (Wildman–Crippen LogP) is 5.08. The van der Waals surface area contributed by atoms with Gasteiger partial charge in [0.15, 0.2) is 0 Å². The Morgan fingerprint density at radius 3 is 2.48 bits per heavy atom. The highest BCUT2D eigenvalue weighted by Crippen LogP contribution is 2.56. The van der Waals surface area contributed by atoms with Gasteiger partial charge in [-0.2, -0.15) is 18.2 Å². The first kappa shape index (κ1) is 30.8. The van der Waals surface area contributed by atoms with E-state index in [9.17, 15) is 31.1 Å². The zero-order valence-corrected chi connectivity index (χ0v) is 25.6. The Hall–Kier alpha value is -3.26. The molecule has 1 aromatic carbocycles. The molecule has 44 heavy (non-hydrogen) atoms. The molecular formula is C30H36F4N6O3S. The molecule has 6 rings (SSSR count). The number of aromatic nitrogens is 3. The second kappa shape index (κ2) is 11.0. The van der Waals surface area contributed by atoms with Crippen molar-refractivity contribution in [3.63, 3.8) is 0 Å². The largest absolute Gasteiger partial charge is 0.418 e. The molecule has 3 aromatic rings. The molecule has 2 aliphatic heterocycles. The van der Waals surface area contributed by atoms with Crippen LogP contribution in [0.3, 0.4) is 0 Å². The second-order valence-corrected chi connectivity index (χ2v) is 15.2. The molecule has 3 fully saturated rings. The molecule has 1 saturated carbocycles. The van der Waals surface area contributed by atoms with Crippen LogP contribution >= 0.6 is 0 Å².